The van der Waals surface area contributed by atoms with Crippen molar-refractivity contribution >= 4 is 41.5 Å². The Balaban J connectivity index is 0.00000338. The number of nitrogens with zero attached hydrogens (tertiary/aromatic N) is 4. The van der Waals surface area contributed by atoms with Gasteiger partial charge in [-0.15, -0.1) is 24.0 Å². The lowest BCUT2D eigenvalue weighted by atomic mass is 10.2. The zero-order valence-corrected chi connectivity index (χ0v) is 19.5. The van der Waals surface area contributed by atoms with Gasteiger partial charge in [-0.25, -0.2) is 0 Å². The zero-order valence-electron chi connectivity index (χ0n) is 16.4. The summed E-state index contributed by atoms with van der Waals surface area (Å²) in [5.41, 5.74) is 1.19. The molecular formula is C19H33ClIN5. The maximum Gasteiger partial charge on any atom is 0.194 e. The number of hydrogen-bond donors (Lipinski definition) is 1. The van der Waals surface area contributed by atoms with Gasteiger partial charge in [0, 0.05) is 57.4 Å². The van der Waals surface area contributed by atoms with Crippen molar-refractivity contribution in [2.75, 3.05) is 53.4 Å². The number of nitrogens with one attached hydrogen (secondary N) is 1. The van der Waals surface area contributed by atoms with Crippen LogP contribution in [-0.2, 0) is 6.54 Å². The Labute approximate surface area is 180 Å². The minimum absolute atomic E-state index is 0. The third-order valence-corrected chi connectivity index (χ3v) is 4.91. The molecule has 1 saturated heterocycles. The normalized spacial score (nSPS) is 17.5. The molecule has 0 saturated carbocycles. The van der Waals surface area contributed by atoms with Gasteiger partial charge in [-0.05, 0) is 38.6 Å². The molecule has 26 heavy (non-hydrogen) atoms. The van der Waals surface area contributed by atoms with Crippen LogP contribution in [0.4, 0.5) is 0 Å². The van der Waals surface area contributed by atoms with Crippen LogP contribution in [0.2, 0.25) is 5.02 Å². The molecule has 1 aliphatic rings. The van der Waals surface area contributed by atoms with Crippen molar-refractivity contribution in [3.8, 4) is 0 Å². The number of hydrogen-bond acceptors (Lipinski definition) is 3. The second-order valence-electron chi connectivity index (χ2n) is 6.87. The Hall–Kier alpha value is -0.570. The minimum Gasteiger partial charge on any atom is -0.357 e. The number of benzene rings is 1. The second-order valence-corrected chi connectivity index (χ2v) is 7.31. The van der Waals surface area contributed by atoms with Crippen molar-refractivity contribution in [1.29, 1.82) is 0 Å². The van der Waals surface area contributed by atoms with E-state index in [4.69, 9.17) is 16.6 Å². The highest BCUT2D eigenvalue weighted by atomic mass is 127. The van der Waals surface area contributed by atoms with Crippen LogP contribution in [0.25, 0.3) is 0 Å². The Kier molecular flexibility index (Phi) is 10.8. The van der Waals surface area contributed by atoms with Crippen molar-refractivity contribution in [2.45, 2.75) is 26.4 Å². The van der Waals surface area contributed by atoms with E-state index in [1.165, 1.54) is 5.56 Å². The molecule has 0 spiro atoms. The van der Waals surface area contributed by atoms with E-state index in [2.05, 4.69) is 54.0 Å². The summed E-state index contributed by atoms with van der Waals surface area (Å²) in [6, 6.07) is 8.46. The Morgan fingerprint density at radius 1 is 1.31 bits per heavy atom. The maximum absolute atomic E-state index is 6.09. The van der Waals surface area contributed by atoms with Crippen molar-refractivity contribution in [3.05, 3.63) is 34.9 Å². The Morgan fingerprint density at radius 2 is 2.00 bits per heavy atom. The van der Waals surface area contributed by atoms with Gasteiger partial charge in [0.1, 0.15) is 0 Å². The molecule has 1 aliphatic heterocycles. The van der Waals surface area contributed by atoms with E-state index in [9.17, 15) is 0 Å². The molecule has 5 nitrogen and oxygen atoms in total. The second kappa shape index (κ2) is 12.0. The monoisotopic (exact) mass is 493 g/mol. The van der Waals surface area contributed by atoms with Crippen molar-refractivity contribution in [3.63, 3.8) is 0 Å². The van der Waals surface area contributed by atoms with Gasteiger partial charge < -0.3 is 15.1 Å². The fourth-order valence-electron chi connectivity index (χ4n) is 3.05. The molecule has 2 rings (SSSR count). The van der Waals surface area contributed by atoms with E-state index in [0.717, 1.165) is 56.8 Å². The van der Waals surface area contributed by atoms with E-state index < -0.39 is 0 Å². The molecule has 0 amide bonds. The average molecular weight is 494 g/mol. The van der Waals surface area contributed by atoms with Crippen molar-refractivity contribution in [2.24, 2.45) is 4.99 Å². The summed E-state index contributed by atoms with van der Waals surface area (Å²) in [4.78, 5) is 11.9. The number of likely N-dealkylation sites (N-methyl/N-ethyl adjacent to an activating group) is 1. The first-order valence-corrected chi connectivity index (χ1v) is 9.54. The summed E-state index contributed by atoms with van der Waals surface area (Å²) >= 11 is 6.09. The molecule has 0 bridgehead atoms. The molecule has 1 aromatic carbocycles. The molecule has 1 aromatic rings. The fraction of sp³-hybridized carbons (Fsp3) is 0.632. The Bertz CT molecular complexity index is 561. The SMILES string of the molecule is CCNC(=NCC(C)N1CCN(C)CC1)N(C)Cc1cccc(Cl)c1.I. The zero-order chi connectivity index (χ0) is 18.2. The first-order valence-electron chi connectivity index (χ1n) is 9.16. The number of halogens is 2. The highest BCUT2D eigenvalue weighted by Gasteiger charge is 2.19. The standard InChI is InChI=1S/C19H32ClN5.HI/c1-5-21-19(24(4)15-17-7-6-8-18(20)13-17)22-14-16(2)25-11-9-23(3)10-12-25;/h6-8,13,16H,5,9-12,14-15H2,1-4H3,(H,21,22);1H. The van der Waals surface area contributed by atoms with Crippen LogP contribution in [0.3, 0.4) is 0 Å². The quantitative estimate of drug-likeness (QED) is 0.375. The number of aliphatic imine (C=N–C) groups is 1. The van der Waals surface area contributed by atoms with E-state index in [1.54, 1.807) is 0 Å². The molecule has 1 atom stereocenters. The van der Waals surface area contributed by atoms with Crippen molar-refractivity contribution < 1.29 is 0 Å². The lowest BCUT2D eigenvalue weighted by Crippen LogP contribution is -2.49. The van der Waals surface area contributed by atoms with Crippen LogP contribution in [0.1, 0.15) is 19.4 Å². The first-order chi connectivity index (χ1) is 12.0. The summed E-state index contributed by atoms with van der Waals surface area (Å²) in [6.07, 6.45) is 0. The molecule has 1 N–H and O–H groups in total. The molecule has 148 valence electrons. The van der Waals surface area contributed by atoms with Crippen LogP contribution in [-0.4, -0.2) is 80.1 Å². The fourth-order valence-corrected chi connectivity index (χ4v) is 3.26. The number of rotatable bonds is 6. The van der Waals surface area contributed by atoms with Gasteiger partial charge in [-0.1, -0.05) is 23.7 Å². The van der Waals surface area contributed by atoms with Crippen LogP contribution < -0.4 is 5.32 Å². The third-order valence-electron chi connectivity index (χ3n) is 4.67. The summed E-state index contributed by atoms with van der Waals surface area (Å²) in [7, 11) is 4.26. The Morgan fingerprint density at radius 3 is 2.62 bits per heavy atom. The highest BCUT2D eigenvalue weighted by Crippen LogP contribution is 2.12. The van der Waals surface area contributed by atoms with Gasteiger partial charge >= 0.3 is 0 Å². The topological polar surface area (TPSA) is 34.1 Å². The molecule has 0 aliphatic carbocycles. The predicted molar refractivity (Wildman–Crippen MR) is 123 cm³/mol. The molecule has 1 unspecified atom stereocenters. The molecular weight excluding hydrogens is 461 g/mol. The van der Waals surface area contributed by atoms with Crippen LogP contribution in [0.15, 0.2) is 29.3 Å². The lowest BCUT2D eigenvalue weighted by Gasteiger charge is -2.36. The van der Waals surface area contributed by atoms with Gasteiger partial charge in [0.25, 0.3) is 0 Å². The van der Waals surface area contributed by atoms with Gasteiger partial charge in [0.15, 0.2) is 5.96 Å². The van der Waals surface area contributed by atoms with Crippen LogP contribution in [0.5, 0.6) is 0 Å². The highest BCUT2D eigenvalue weighted by molar-refractivity contribution is 14.0. The summed E-state index contributed by atoms with van der Waals surface area (Å²) < 4.78 is 0. The van der Waals surface area contributed by atoms with Gasteiger partial charge in [0.05, 0.1) is 6.54 Å². The van der Waals surface area contributed by atoms with Gasteiger partial charge in [-0.2, -0.15) is 0 Å². The largest absolute Gasteiger partial charge is 0.357 e. The summed E-state index contributed by atoms with van der Waals surface area (Å²) in [5.74, 6) is 0.948. The molecule has 0 aromatic heterocycles. The molecule has 0 radical (unpaired) electrons. The number of guanidine groups is 1. The van der Waals surface area contributed by atoms with Crippen molar-refractivity contribution in [1.82, 2.24) is 20.0 Å². The van der Waals surface area contributed by atoms with Crippen LogP contribution >= 0.6 is 35.6 Å². The minimum atomic E-state index is 0. The van der Waals surface area contributed by atoms with Gasteiger partial charge in [0.2, 0.25) is 0 Å². The van der Waals surface area contributed by atoms with E-state index >= 15 is 0 Å². The predicted octanol–water partition coefficient (Wildman–Crippen LogP) is 2.99. The third kappa shape index (κ3) is 7.58. The van der Waals surface area contributed by atoms with E-state index in [1.807, 2.05) is 18.2 Å². The summed E-state index contributed by atoms with van der Waals surface area (Å²) in [5, 5.41) is 4.17. The lowest BCUT2D eigenvalue weighted by molar-refractivity contribution is 0.122. The maximum atomic E-state index is 6.09. The summed E-state index contributed by atoms with van der Waals surface area (Å²) in [6.45, 7) is 11.4. The van der Waals surface area contributed by atoms with Gasteiger partial charge in [-0.3, -0.25) is 9.89 Å². The molecule has 1 fully saturated rings. The number of piperazine rings is 1. The smallest absolute Gasteiger partial charge is 0.194 e. The van der Waals surface area contributed by atoms with E-state index in [-0.39, 0.29) is 24.0 Å². The molecule has 1 heterocycles. The molecule has 7 heteroatoms. The first kappa shape index (κ1) is 23.5. The van der Waals surface area contributed by atoms with Crippen LogP contribution in [0, 0.1) is 0 Å². The van der Waals surface area contributed by atoms with E-state index in [0.29, 0.717) is 6.04 Å². The average Bonchev–Trinajstić information content (AvgIpc) is 2.59.